The summed E-state index contributed by atoms with van der Waals surface area (Å²) >= 11 is 3.23. The molecule has 3 nitrogen and oxygen atoms in total. The Morgan fingerprint density at radius 3 is 2.92 bits per heavy atom. The van der Waals surface area contributed by atoms with E-state index in [0.717, 1.165) is 22.4 Å². The van der Waals surface area contributed by atoms with Crippen molar-refractivity contribution in [3.05, 3.63) is 5.01 Å². The highest BCUT2D eigenvalue weighted by Gasteiger charge is 2.01. The number of unbranched alkanes of at least 4 members (excludes halogenated alkanes) is 1. The lowest BCUT2D eigenvalue weighted by Crippen LogP contribution is -1.94. The number of nitrogens with zero attached hydrogens (tertiary/aromatic N) is 2. The number of rotatable bonds is 6. The fourth-order valence-electron chi connectivity index (χ4n) is 0.785. The van der Waals surface area contributed by atoms with Gasteiger partial charge in [-0.25, -0.2) is 0 Å². The van der Waals surface area contributed by atoms with Gasteiger partial charge in [-0.15, -0.1) is 10.2 Å². The van der Waals surface area contributed by atoms with Crippen LogP contribution in [0.4, 0.5) is 0 Å². The second kappa shape index (κ2) is 6.34. The van der Waals surface area contributed by atoms with Crippen LogP contribution >= 0.6 is 23.1 Å². The van der Waals surface area contributed by atoms with Crippen molar-refractivity contribution in [3.63, 3.8) is 0 Å². The molecule has 0 saturated heterocycles. The second-order valence-corrected chi connectivity index (χ2v) is 4.69. The van der Waals surface area contributed by atoms with E-state index in [2.05, 4.69) is 17.1 Å². The highest BCUT2D eigenvalue weighted by Crippen LogP contribution is 2.19. The van der Waals surface area contributed by atoms with E-state index in [0.29, 0.717) is 6.61 Å². The molecule has 0 aliphatic carbocycles. The topological polar surface area (TPSA) is 35.0 Å². The maximum Gasteiger partial charge on any atom is 0.174 e. The van der Waals surface area contributed by atoms with Gasteiger partial charge in [0.05, 0.1) is 0 Å². The Labute approximate surface area is 86.9 Å². The van der Waals surface area contributed by atoms with E-state index in [4.69, 9.17) is 4.74 Å². The van der Waals surface area contributed by atoms with Crippen molar-refractivity contribution >= 4 is 23.1 Å². The molecule has 1 aromatic rings. The molecule has 5 heteroatoms. The Morgan fingerprint density at radius 2 is 2.31 bits per heavy atom. The highest BCUT2D eigenvalue weighted by atomic mass is 32.2. The van der Waals surface area contributed by atoms with Crippen molar-refractivity contribution in [2.45, 2.75) is 30.7 Å². The third-order valence-corrected chi connectivity index (χ3v) is 3.36. The Hall–Kier alpha value is -0.130. The van der Waals surface area contributed by atoms with E-state index in [1.165, 1.54) is 6.42 Å². The Kier molecular flexibility index (Phi) is 5.34. The molecule has 0 unspecified atom stereocenters. The summed E-state index contributed by atoms with van der Waals surface area (Å²) in [6, 6.07) is 0. The predicted molar refractivity (Wildman–Crippen MR) is 56.3 cm³/mol. The molecule has 0 radical (unpaired) electrons. The molecule has 0 aliphatic rings. The van der Waals surface area contributed by atoms with Gasteiger partial charge >= 0.3 is 0 Å². The molecular weight excluding hydrogens is 204 g/mol. The first-order valence-corrected chi connectivity index (χ1v) is 6.35. The van der Waals surface area contributed by atoms with Crippen LogP contribution in [-0.4, -0.2) is 23.1 Å². The van der Waals surface area contributed by atoms with Crippen LogP contribution < -0.4 is 0 Å². The molecule has 0 spiro atoms. The summed E-state index contributed by atoms with van der Waals surface area (Å²) in [5, 5.41) is 8.97. The molecule has 13 heavy (non-hydrogen) atoms. The van der Waals surface area contributed by atoms with E-state index in [1.807, 2.05) is 6.26 Å². The smallest absolute Gasteiger partial charge is 0.174 e. The van der Waals surface area contributed by atoms with Gasteiger partial charge in [-0.3, -0.25) is 0 Å². The molecule has 0 amide bonds. The predicted octanol–water partition coefficient (Wildman–Crippen LogP) is 2.58. The standard InChI is InChI=1S/C8H14N2OS2/c1-3-4-5-11-6-7-9-10-8(12-2)13-7/h3-6H2,1-2H3. The second-order valence-electron chi connectivity index (χ2n) is 2.57. The average molecular weight is 218 g/mol. The number of hydrogen-bond acceptors (Lipinski definition) is 5. The lowest BCUT2D eigenvalue weighted by atomic mass is 10.4. The summed E-state index contributed by atoms with van der Waals surface area (Å²) in [7, 11) is 0. The number of hydrogen-bond donors (Lipinski definition) is 0. The van der Waals surface area contributed by atoms with Crippen molar-refractivity contribution in [2.75, 3.05) is 12.9 Å². The molecule has 0 fully saturated rings. The van der Waals surface area contributed by atoms with E-state index >= 15 is 0 Å². The molecule has 0 atom stereocenters. The van der Waals surface area contributed by atoms with Crippen LogP contribution in [0.2, 0.25) is 0 Å². The third kappa shape index (κ3) is 4.06. The van der Waals surface area contributed by atoms with Gasteiger partial charge in [0.2, 0.25) is 0 Å². The summed E-state index contributed by atoms with van der Waals surface area (Å²) in [6.07, 6.45) is 4.29. The summed E-state index contributed by atoms with van der Waals surface area (Å²) in [4.78, 5) is 0. The summed E-state index contributed by atoms with van der Waals surface area (Å²) in [6.45, 7) is 3.59. The van der Waals surface area contributed by atoms with Crippen LogP contribution in [0.3, 0.4) is 0 Å². The van der Waals surface area contributed by atoms with Crippen molar-refractivity contribution in [3.8, 4) is 0 Å². The molecule has 0 bridgehead atoms. The lowest BCUT2D eigenvalue weighted by molar-refractivity contribution is 0.117. The molecule has 0 saturated carbocycles. The van der Waals surface area contributed by atoms with E-state index < -0.39 is 0 Å². The largest absolute Gasteiger partial charge is 0.374 e. The monoisotopic (exact) mass is 218 g/mol. The van der Waals surface area contributed by atoms with E-state index in [9.17, 15) is 0 Å². The molecular formula is C8H14N2OS2. The highest BCUT2D eigenvalue weighted by molar-refractivity contribution is 8.00. The Morgan fingerprint density at radius 1 is 1.46 bits per heavy atom. The van der Waals surface area contributed by atoms with Gasteiger partial charge in [-0.1, -0.05) is 36.4 Å². The van der Waals surface area contributed by atoms with Crippen LogP contribution in [0.1, 0.15) is 24.8 Å². The average Bonchev–Trinajstić information content (AvgIpc) is 2.60. The molecule has 0 aliphatic heterocycles. The van der Waals surface area contributed by atoms with Crippen LogP contribution in [0.15, 0.2) is 4.34 Å². The quantitative estimate of drug-likeness (QED) is 0.543. The molecule has 1 heterocycles. The van der Waals surface area contributed by atoms with Crippen molar-refractivity contribution in [1.82, 2.24) is 10.2 Å². The first kappa shape index (κ1) is 10.9. The number of ether oxygens (including phenoxy) is 1. The van der Waals surface area contributed by atoms with Gasteiger partial charge in [0.25, 0.3) is 0 Å². The molecule has 74 valence electrons. The lowest BCUT2D eigenvalue weighted by Gasteiger charge is -1.97. The minimum absolute atomic E-state index is 0.609. The molecule has 0 N–H and O–H groups in total. The third-order valence-electron chi connectivity index (χ3n) is 1.49. The van der Waals surface area contributed by atoms with Crippen molar-refractivity contribution in [2.24, 2.45) is 0 Å². The summed E-state index contributed by atoms with van der Waals surface area (Å²) < 4.78 is 6.43. The van der Waals surface area contributed by atoms with Crippen LogP contribution in [-0.2, 0) is 11.3 Å². The SMILES string of the molecule is CCCCOCc1nnc(SC)s1. The van der Waals surface area contributed by atoms with Gasteiger partial charge in [0, 0.05) is 6.61 Å². The maximum absolute atomic E-state index is 5.42. The zero-order valence-electron chi connectivity index (χ0n) is 7.95. The molecule has 0 aromatic carbocycles. The van der Waals surface area contributed by atoms with Crippen LogP contribution in [0.5, 0.6) is 0 Å². The van der Waals surface area contributed by atoms with E-state index in [-0.39, 0.29) is 0 Å². The van der Waals surface area contributed by atoms with Gasteiger partial charge in [-0.2, -0.15) is 0 Å². The normalized spacial score (nSPS) is 10.6. The van der Waals surface area contributed by atoms with Crippen molar-refractivity contribution < 1.29 is 4.74 Å². The molecule has 1 rings (SSSR count). The number of aromatic nitrogens is 2. The fraction of sp³-hybridized carbons (Fsp3) is 0.750. The first-order chi connectivity index (χ1) is 6.36. The number of thioether (sulfide) groups is 1. The fourth-order valence-corrected chi connectivity index (χ4v) is 2.04. The zero-order valence-corrected chi connectivity index (χ0v) is 9.58. The summed E-state index contributed by atoms with van der Waals surface area (Å²) in [5.74, 6) is 0. The van der Waals surface area contributed by atoms with Crippen molar-refractivity contribution in [1.29, 1.82) is 0 Å². The van der Waals surface area contributed by atoms with E-state index in [1.54, 1.807) is 23.1 Å². The van der Waals surface area contributed by atoms with Gasteiger partial charge < -0.3 is 4.74 Å². The summed E-state index contributed by atoms with van der Waals surface area (Å²) in [5.41, 5.74) is 0. The Balaban J connectivity index is 2.20. The van der Waals surface area contributed by atoms with Gasteiger partial charge in [0.15, 0.2) is 4.34 Å². The molecule has 1 aromatic heterocycles. The Bertz CT molecular complexity index is 240. The maximum atomic E-state index is 5.42. The first-order valence-electron chi connectivity index (χ1n) is 4.31. The van der Waals surface area contributed by atoms with Gasteiger partial charge in [0.1, 0.15) is 11.6 Å². The van der Waals surface area contributed by atoms with Crippen LogP contribution in [0.25, 0.3) is 0 Å². The minimum atomic E-state index is 0.609. The van der Waals surface area contributed by atoms with Gasteiger partial charge in [-0.05, 0) is 12.7 Å². The minimum Gasteiger partial charge on any atom is -0.374 e. The van der Waals surface area contributed by atoms with Crippen LogP contribution in [0, 0.1) is 0 Å². The zero-order chi connectivity index (χ0) is 9.52.